The summed E-state index contributed by atoms with van der Waals surface area (Å²) in [6.45, 7) is 5.96. The molecule has 0 unspecified atom stereocenters. The zero-order valence-electron chi connectivity index (χ0n) is 12.5. The van der Waals surface area contributed by atoms with E-state index in [1.165, 1.54) is 36.8 Å². The van der Waals surface area contributed by atoms with Crippen molar-refractivity contribution >= 4 is 5.78 Å². The van der Waals surface area contributed by atoms with Crippen LogP contribution in [-0.2, 0) is 4.79 Å². The molecule has 0 saturated heterocycles. The standard InChI is InChI=1S/C18H26O/c1-4-5-7-12-18(14-15(2)13-16(3)19)17-10-8-6-9-11-17/h6,8-11,14,18H,4-5,7,12-13H2,1-3H3/b15-14-/t18-/m1/s1. The van der Waals surface area contributed by atoms with Crippen LogP contribution in [0.5, 0.6) is 0 Å². The van der Waals surface area contributed by atoms with Gasteiger partial charge in [0, 0.05) is 12.3 Å². The topological polar surface area (TPSA) is 17.1 Å². The summed E-state index contributed by atoms with van der Waals surface area (Å²) in [7, 11) is 0. The fourth-order valence-corrected chi connectivity index (χ4v) is 2.46. The van der Waals surface area contributed by atoms with Crippen LogP contribution in [0, 0.1) is 0 Å². The first-order valence-electron chi connectivity index (χ1n) is 7.35. The highest BCUT2D eigenvalue weighted by Crippen LogP contribution is 2.25. The summed E-state index contributed by atoms with van der Waals surface area (Å²) in [5.74, 6) is 0.696. The fourth-order valence-electron chi connectivity index (χ4n) is 2.46. The normalized spacial score (nSPS) is 13.3. The third-order valence-electron chi connectivity index (χ3n) is 3.36. The molecular weight excluding hydrogens is 232 g/mol. The van der Waals surface area contributed by atoms with Gasteiger partial charge in [0.2, 0.25) is 0 Å². The molecule has 0 saturated carbocycles. The molecule has 0 amide bonds. The molecule has 0 aliphatic heterocycles. The molecule has 19 heavy (non-hydrogen) atoms. The Balaban J connectivity index is 2.77. The lowest BCUT2D eigenvalue weighted by Gasteiger charge is -2.14. The maximum atomic E-state index is 11.2. The van der Waals surface area contributed by atoms with Gasteiger partial charge in [0.25, 0.3) is 0 Å². The number of benzene rings is 1. The first-order valence-corrected chi connectivity index (χ1v) is 7.35. The molecule has 0 radical (unpaired) electrons. The molecular formula is C18H26O. The number of hydrogen-bond donors (Lipinski definition) is 0. The van der Waals surface area contributed by atoms with E-state index in [9.17, 15) is 4.79 Å². The van der Waals surface area contributed by atoms with E-state index < -0.39 is 0 Å². The van der Waals surface area contributed by atoms with Crippen LogP contribution < -0.4 is 0 Å². The predicted molar refractivity (Wildman–Crippen MR) is 82.4 cm³/mol. The molecule has 0 N–H and O–H groups in total. The first-order chi connectivity index (χ1) is 9.13. The van der Waals surface area contributed by atoms with Crippen LogP contribution in [-0.4, -0.2) is 5.78 Å². The van der Waals surface area contributed by atoms with Crippen molar-refractivity contribution in [1.82, 2.24) is 0 Å². The summed E-state index contributed by atoms with van der Waals surface area (Å²) in [6.07, 6.45) is 7.82. The molecule has 0 aromatic heterocycles. The van der Waals surface area contributed by atoms with E-state index in [4.69, 9.17) is 0 Å². The number of unbranched alkanes of at least 4 members (excludes halogenated alkanes) is 2. The molecule has 1 rings (SSSR count). The van der Waals surface area contributed by atoms with Gasteiger partial charge in [0.15, 0.2) is 0 Å². The lowest BCUT2D eigenvalue weighted by Crippen LogP contribution is -1.99. The van der Waals surface area contributed by atoms with E-state index in [1.807, 2.05) is 0 Å². The monoisotopic (exact) mass is 258 g/mol. The molecule has 1 atom stereocenters. The average molecular weight is 258 g/mol. The lowest BCUT2D eigenvalue weighted by molar-refractivity contribution is -0.116. The van der Waals surface area contributed by atoms with E-state index in [1.54, 1.807) is 6.92 Å². The van der Waals surface area contributed by atoms with E-state index in [0.29, 0.717) is 12.3 Å². The van der Waals surface area contributed by atoms with Gasteiger partial charge in [-0.2, -0.15) is 0 Å². The van der Waals surface area contributed by atoms with Crippen molar-refractivity contribution in [3.63, 3.8) is 0 Å². The number of rotatable bonds is 8. The van der Waals surface area contributed by atoms with Gasteiger partial charge in [-0.3, -0.25) is 4.79 Å². The predicted octanol–water partition coefficient (Wildman–Crippen LogP) is 5.28. The van der Waals surface area contributed by atoms with Crippen molar-refractivity contribution < 1.29 is 4.79 Å². The Morgan fingerprint density at radius 2 is 1.84 bits per heavy atom. The van der Waals surface area contributed by atoms with E-state index >= 15 is 0 Å². The molecule has 0 aliphatic rings. The van der Waals surface area contributed by atoms with E-state index in [-0.39, 0.29) is 5.78 Å². The van der Waals surface area contributed by atoms with Gasteiger partial charge in [-0.05, 0) is 25.8 Å². The Kier molecular flexibility index (Phi) is 7.17. The first kappa shape index (κ1) is 15.7. The largest absolute Gasteiger partial charge is 0.300 e. The van der Waals surface area contributed by atoms with Gasteiger partial charge in [0.05, 0.1) is 0 Å². The van der Waals surface area contributed by atoms with Gasteiger partial charge in [0.1, 0.15) is 5.78 Å². The average Bonchev–Trinajstić information content (AvgIpc) is 2.38. The van der Waals surface area contributed by atoms with Crippen LogP contribution in [0.1, 0.15) is 64.4 Å². The van der Waals surface area contributed by atoms with E-state index in [2.05, 4.69) is 50.3 Å². The Hall–Kier alpha value is -1.37. The molecule has 1 nitrogen and oxygen atoms in total. The summed E-state index contributed by atoms with van der Waals surface area (Å²) < 4.78 is 0. The van der Waals surface area contributed by atoms with Crippen LogP contribution in [0.2, 0.25) is 0 Å². The Labute approximate surface area is 117 Å². The zero-order chi connectivity index (χ0) is 14.1. The SMILES string of the molecule is CCCCC[C@H](/C=C(/C)CC(C)=O)c1ccccc1. The van der Waals surface area contributed by atoms with Crippen molar-refractivity contribution in [3.05, 3.63) is 47.5 Å². The minimum absolute atomic E-state index is 0.245. The quantitative estimate of drug-likeness (QED) is 0.458. The van der Waals surface area contributed by atoms with Crippen molar-refractivity contribution in [2.75, 3.05) is 0 Å². The second-order valence-electron chi connectivity index (χ2n) is 5.40. The molecule has 104 valence electrons. The second kappa shape index (κ2) is 8.68. The fraction of sp³-hybridized carbons (Fsp3) is 0.500. The summed E-state index contributed by atoms with van der Waals surface area (Å²) in [5.41, 5.74) is 2.55. The Morgan fingerprint density at radius 1 is 1.16 bits per heavy atom. The molecule has 1 heteroatoms. The third-order valence-corrected chi connectivity index (χ3v) is 3.36. The molecule has 1 aromatic carbocycles. The van der Waals surface area contributed by atoms with E-state index in [0.717, 1.165) is 0 Å². The molecule has 0 heterocycles. The smallest absolute Gasteiger partial charge is 0.133 e. The number of carbonyl (C=O) groups excluding carboxylic acids is 1. The maximum absolute atomic E-state index is 11.2. The van der Waals surface area contributed by atoms with Crippen LogP contribution in [0.4, 0.5) is 0 Å². The van der Waals surface area contributed by atoms with Crippen molar-refractivity contribution in [2.24, 2.45) is 0 Å². The Bertz CT molecular complexity index is 403. The van der Waals surface area contributed by atoms with Crippen LogP contribution in [0.15, 0.2) is 42.0 Å². The van der Waals surface area contributed by atoms with Gasteiger partial charge >= 0.3 is 0 Å². The Morgan fingerprint density at radius 3 is 2.42 bits per heavy atom. The minimum Gasteiger partial charge on any atom is -0.300 e. The van der Waals surface area contributed by atoms with Crippen molar-refractivity contribution in [3.8, 4) is 0 Å². The zero-order valence-corrected chi connectivity index (χ0v) is 12.5. The minimum atomic E-state index is 0.245. The van der Waals surface area contributed by atoms with Crippen LogP contribution >= 0.6 is 0 Å². The summed E-state index contributed by atoms with van der Waals surface area (Å²) in [6, 6.07) is 10.6. The van der Waals surface area contributed by atoms with Gasteiger partial charge in [-0.25, -0.2) is 0 Å². The molecule has 0 spiro atoms. The number of hydrogen-bond acceptors (Lipinski definition) is 1. The summed E-state index contributed by atoms with van der Waals surface area (Å²) >= 11 is 0. The summed E-state index contributed by atoms with van der Waals surface area (Å²) in [5, 5.41) is 0. The number of carbonyl (C=O) groups is 1. The highest BCUT2D eigenvalue weighted by Gasteiger charge is 2.09. The van der Waals surface area contributed by atoms with Crippen LogP contribution in [0.25, 0.3) is 0 Å². The number of Topliss-reactive ketones (excluding diaryl/α,β-unsaturated/α-hetero) is 1. The molecule has 1 aromatic rings. The van der Waals surface area contributed by atoms with Gasteiger partial charge in [-0.1, -0.05) is 68.2 Å². The molecule has 0 bridgehead atoms. The van der Waals surface area contributed by atoms with Gasteiger partial charge < -0.3 is 0 Å². The van der Waals surface area contributed by atoms with Crippen molar-refractivity contribution in [1.29, 1.82) is 0 Å². The number of allylic oxidation sites excluding steroid dienone is 2. The highest BCUT2D eigenvalue weighted by atomic mass is 16.1. The number of ketones is 1. The third kappa shape index (κ3) is 6.37. The molecule has 0 fully saturated rings. The van der Waals surface area contributed by atoms with Crippen LogP contribution in [0.3, 0.4) is 0 Å². The molecule has 0 aliphatic carbocycles. The second-order valence-corrected chi connectivity index (χ2v) is 5.40. The summed E-state index contributed by atoms with van der Waals surface area (Å²) in [4.78, 5) is 11.2. The lowest BCUT2D eigenvalue weighted by atomic mass is 9.90. The highest BCUT2D eigenvalue weighted by molar-refractivity contribution is 5.77. The van der Waals surface area contributed by atoms with Gasteiger partial charge in [-0.15, -0.1) is 0 Å². The van der Waals surface area contributed by atoms with Crippen molar-refractivity contribution in [2.45, 2.75) is 58.8 Å². The maximum Gasteiger partial charge on any atom is 0.133 e.